The van der Waals surface area contributed by atoms with Crippen LogP contribution in [0.2, 0.25) is 0 Å². The number of aryl methyl sites for hydroxylation is 2. The van der Waals surface area contributed by atoms with E-state index < -0.39 is 11.9 Å². The quantitative estimate of drug-likeness (QED) is 0.480. The van der Waals surface area contributed by atoms with Gasteiger partial charge in [-0.05, 0) is 48.2 Å². The number of carbonyl (C=O) groups excluding carboxylic acids is 1. The normalized spacial score (nSPS) is 10.8. The molecule has 5 nitrogen and oxygen atoms in total. The van der Waals surface area contributed by atoms with Gasteiger partial charge in [0.15, 0.2) is 5.76 Å². The van der Waals surface area contributed by atoms with Gasteiger partial charge in [0.2, 0.25) is 0 Å². The van der Waals surface area contributed by atoms with Gasteiger partial charge in [-0.15, -0.1) is 0 Å². The molecule has 4 aromatic rings. The van der Waals surface area contributed by atoms with E-state index in [1.807, 2.05) is 36.4 Å². The number of carboxylic acid groups (broad SMARTS) is 1. The van der Waals surface area contributed by atoms with E-state index in [9.17, 15) is 14.7 Å². The molecule has 0 aliphatic carbocycles. The van der Waals surface area contributed by atoms with Gasteiger partial charge in [-0.3, -0.25) is 4.79 Å². The Kier molecular flexibility index (Phi) is 5.12. The van der Waals surface area contributed by atoms with Crippen LogP contribution in [0.3, 0.4) is 0 Å². The van der Waals surface area contributed by atoms with Crippen molar-refractivity contribution in [3.05, 3.63) is 101 Å². The SMILES string of the molecule is O=C(Nc1cc(CCc2ccccc2)ccc1C(=O)O)c1cc2ccccc2o1. The van der Waals surface area contributed by atoms with E-state index in [1.165, 1.54) is 11.6 Å². The lowest BCUT2D eigenvalue weighted by atomic mass is 10.0. The first-order valence-electron chi connectivity index (χ1n) is 9.30. The van der Waals surface area contributed by atoms with Gasteiger partial charge >= 0.3 is 5.97 Å². The molecule has 0 fully saturated rings. The molecule has 0 radical (unpaired) electrons. The Labute approximate surface area is 167 Å². The zero-order valence-corrected chi connectivity index (χ0v) is 15.6. The molecule has 144 valence electrons. The molecule has 0 bridgehead atoms. The highest BCUT2D eigenvalue weighted by molar-refractivity contribution is 6.07. The minimum absolute atomic E-state index is 0.0397. The van der Waals surface area contributed by atoms with Crippen molar-refractivity contribution in [2.75, 3.05) is 5.32 Å². The van der Waals surface area contributed by atoms with Gasteiger partial charge in [-0.25, -0.2) is 4.79 Å². The molecule has 0 saturated heterocycles. The summed E-state index contributed by atoms with van der Waals surface area (Å²) in [4.78, 5) is 24.2. The van der Waals surface area contributed by atoms with Crippen LogP contribution < -0.4 is 5.32 Å². The Hall–Kier alpha value is -3.86. The lowest BCUT2D eigenvalue weighted by molar-refractivity contribution is 0.0698. The number of furan rings is 1. The molecule has 29 heavy (non-hydrogen) atoms. The molecule has 1 aromatic heterocycles. The molecule has 0 unspecified atom stereocenters. The van der Waals surface area contributed by atoms with Crippen molar-refractivity contribution in [3.63, 3.8) is 0 Å². The molecule has 0 aliphatic heterocycles. The predicted octanol–water partition coefficient (Wildman–Crippen LogP) is 5.17. The number of amides is 1. The van der Waals surface area contributed by atoms with Gasteiger partial charge in [0.1, 0.15) is 5.58 Å². The number of hydrogen-bond acceptors (Lipinski definition) is 3. The van der Waals surface area contributed by atoms with Crippen LogP contribution in [0.5, 0.6) is 0 Å². The van der Waals surface area contributed by atoms with Crippen molar-refractivity contribution in [2.45, 2.75) is 12.8 Å². The van der Waals surface area contributed by atoms with Crippen LogP contribution in [-0.4, -0.2) is 17.0 Å². The summed E-state index contributed by atoms with van der Waals surface area (Å²) in [6.45, 7) is 0. The van der Waals surface area contributed by atoms with E-state index in [-0.39, 0.29) is 17.0 Å². The number of fused-ring (bicyclic) bond motifs is 1. The monoisotopic (exact) mass is 385 g/mol. The topological polar surface area (TPSA) is 79.5 Å². The van der Waals surface area contributed by atoms with Gasteiger partial charge in [0, 0.05) is 5.39 Å². The van der Waals surface area contributed by atoms with Crippen molar-refractivity contribution in [1.29, 1.82) is 0 Å². The standard InChI is InChI=1S/C24H19NO4/c26-23(22-15-18-8-4-5-9-21(18)29-22)25-20-14-17(12-13-19(20)24(27)28)11-10-16-6-2-1-3-7-16/h1-9,12-15H,10-11H2,(H,25,26)(H,27,28). The number of aromatic carboxylic acids is 1. The van der Waals surface area contributed by atoms with Crippen molar-refractivity contribution >= 4 is 28.5 Å². The van der Waals surface area contributed by atoms with Gasteiger partial charge in [-0.1, -0.05) is 54.6 Å². The summed E-state index contributed by atoms with van der Waals surface area (Å²) in [5, 5.41) is 13.0. The molecule has 5 heteroatoms. The average Bonchev–Trinajstić information content (AvgIpc) is 3.17. The molecular formula is C24H19NO4. The van der Waals surface area contributed by atoms with Crippen molar-refractivity contribution in [3.8, 4) is 0 Å². The maximum Gasteiger partial charge on any atom is 0.337 e. The first kappa shape index (κ1) is 18.5. The summed E-state index contributed by atoms with van der Waals surface area (Å²) in [5.41, 5.74) is 3.04. The highest BCUT2D eigenvalue weighted by Gasteiger charge is 2.17. The highest BCUT2D eigenvalue weighted by atomic mass is 16.4. The Morgan fingerprint density at radius 1 is 0.828 bits per heavy atom. The second-order valence-electron chi connectivity index (χ2n) is 6.77. The van der Waals surface area contributed by atoms with Crippen molar-refractivity contribution in [2.24, 2.45) is 0 Å². The second-order valence-corrected chi connectivity index (χ2v) is 6.77. The Morgan fingerprint density at radius 3 is 2.31 bits per heavy atom. The first-order valence-corrected chi connectivity index (χ1v) is 9.30. The second kappa shape index (κ2) is 8.02. The lowest BCUT2D eigenvalue weighted by Crippen LogP contribution is -2.14. The number of anilines is 1. The van der Waals surface area contributed by atoms with Crippen LogP contribution in [0, 0.1) is 0 Å². The Morgan fingerprint density at radius 2 is 1.55 bits per heavy atom. The number of rotatable bonds is 6. The average molecular weight is 385 g/mol. The third-order valence-corrected chi connectivity index (χ3v) is 4.76. The maximum absolute atomic E-state index is 12.7. The number of para-hydroxylation sites is 1. The molecule has 0 aliphatic rings. The Balaban J connectivity index is 1.57. The fourth-order valence-electron chi connectivity index (χ4n) is 3.25. The molecule has 3 aromatic carbocycles. The van der Waals surface area contributed by atoms with Crippen LogP contribution in [0.15, 0.2) is 83.3 Å². The van der Waals surface area contributed by atoms with E-state index in [0.717, 1.165) is 23.8 Å². The van der Waals surface area contributed by atoms with Gasteiger partial charge in [0.25, 0.3) is 5.91 Å². The lowest BCUT2D eigenvalue weighted by Gasteiger charge is -2.10. The summed E-state index contributed by atoms with van der Waals surface area (Å²) < 4.78 is 5.58. The third-order valence-electron chi connectivity index (χ3n) is 4.76. The summed E-state index contributed by atoms with van der Waals surface area (Å²) in [7, 11) is 0. The smallest absolute Gasteiger partial charge is 0.337 e. The fraction of sp³-hybridized carbons (Fsp3) is 0.0833. The minimum Gasteiger partial charge on any atom is -0.478 e. The molecule has 0 saturated carbocycles. The third kappa shape index (κ3) is 4.19. The zero-order valence-electron chi connectivity index (χ0n) is 15.6. The molecule has 1 amide bonds. The molecule has 1 heterocycles. The van der Waals surface area contributed by atoms with Crippen LogP contribution in [-0.2, 0) is 12.8 Å². The number of benzene rings is 3. The summed E-state index contributed by atoms with van der Waals surface area (Å²) in [6.07, 6.45) is 1.56. The Bertz CT molecular complexity index is 1140. The first-order chi connectivity index (χ1) is 14.1. The largest absolute Gasteiger partial charge is 0.478 e. The summed E-state index contributed by atoms with van der Waals surface area (Å²) in [6, 6.07) is 24.0. The van der Waals surface area contributed by atoms with E-state index in [0.29, 0.717) is 5.58 Å². The van der Waals surface area contributed by atoms with E-state index >= 15 is 0 Å². The van der Waals surface area contributed by atoms with Gasteiger partial charge < -0.3 is 14.8 Å². The van der Waals surface area contributed by atoms with Crippen molar-refractivity contribution < 1.29 is 19.1 Å². The summed E-state index contributed by atoms with van der Waals surface area (Å²) >= 11 is 0. The van der Waals surface area contributed by atoms with E-state index in [2.05, 4.69) is 17.4 Å². The maximum atomic E-state index is 12.7. The number of carbonyl (C=O) groups is 2. The molecule has 0 atom stereocenters. The zero-order chi connectivity index (χ0) is 20.2. The van der Waals surface area contributed by atoms with Crippen LogP contribution in [0.4, 0.5) is 5.69 Å². The van der Waals surface area contributed by atoms with Gasteiger partial charge in [0.05, 0.1) is 11.3 Å². The number of nitrogens with one attached hydrogen (secondary N) is 1. The molecule has 4 rings (SSSR count). The van der Waals surface area contributed by atoms with Crippen molar-refractivity contribution in [1.82, 2.24) is 0 Å². The number of hydrogen-bond donors (Lipinski definition) is 2. The van der Waals surface area contributed by atoms with Crippen LogP contribution in [0.25, 0.3) is 11.0 Å². The fourth-order valence-corrected chi connectivity index (χ4v) is 3.25. The van der Waals surface area contributed by atoms with Crippen LogP contribution >= 0.6 is 0 Å². The molecular weight excluding hydrogens is 366 g/mol. The number of carboxylic acids is 1. The molecule has 0 spiro atoms. The minimum atomic E-state index is -1.10. The van der Waals surface area contributed by atoms with E-state index in [4.69, 9.17) is 4.42 Å². The van der Waals surface area contributed by atoms with Gasteiger partial charge in [-0.2, -0.15) is 0 Å². The predicted molar refractivity (Wildman–Crippen MR) is 111 cm³/mol. The molecule has 2 N–H and O–H groups in total. The van der Waals surface area contributed by atoms with Crippen LogP contribution in [0.1, 0.15) is 32.0 Å². The van der Waals surface area contributed by atoms with E-state index in [1.54, 1.807) is 24.3 Å². The highest BCUT2D eigenvalue weighted by Crippen LogP contribution is 2.23. The summed E-state index contributed by atoms with van der Waals surface area (Å²) in [5.74, 6) is -1.44.